The first kappa shape index (κ1) is 19.2. The van der Waals surface area contributed by atoms with E-state index in [1.54, 1.807) is 6.07 Å². The predicted octanol–water partition coefficient (Wildman–Crippen LogP) is 4.74. The lowest BCUT2D eigenvalue weighted by atomic mass is 10.1. The number of benzene rings is 2. The van der Waals surface area contributed by atoms with Gasteiger partial charge in [0.05, 0.1) is 16.2 Å². The van der Waals surface area contributed by atoms with Crippen LogP contribution in [0.3, 0.4) is 0 Å². The van der Waals surface area contributed by atoms with E-state index in [2.05, 4.69) is 26.3 Å². The van der Waals surface area contributed by atoms with Gasteiger partial charge in [0.25, 0.3) is 5.91 Å². The molecule has 0 saturated heterocycles. The van der Waals surface area contributed by atoms with Gasteiger partial charge in [0, 0.05) is 18.3 Å². The highest BCUT2D eigenvalue weighted by Crippen LogP contribution is 2.24. The van der Waals surface area contributed by atoms with Gasteiger partial charge in [0.15, 0.2) is 0 Å². The van der Waals surface area contributed by atoms with E-state index in [-0.39, 0.29) is 11.9 Å². The number of carbonyl (C=O) groups excluding carboxylic acids is 1. The molecule has 3 rings (SSSR count). The van der Waals surface area contributed by atoms with E-state index >= 15 is 0 Å². The van der Waals surface area contributed by atoms with Gasteiger partial charge in [-0.25, -0.2) is 0 Å². The Bertz CT molecular complexity index is 923. The molecule has 1 amide bonds. The Morgan fingerprint density at radius 1 is 1.22 bits per heavy atom. The fourth-order valence-electron chi connectivity index (χ4n) is 2.66. The van der Waals surface area contributed by atoms with Crippen molar-refractivity contribution in [2.24, 2.45) is 0 Å². The van der Waals surface area contributed by atoms with Gasteiger partial charge in [0.2, 0.25) is 0 Å². The topological polar surface area (TPSA) is 56.2 Å². The van der Waals surface area contributed by atoms with Crippen LogP contribution in [-0.2, 0) is 13.2 Å². The van der Waals surface area contributed by atoms with Crippen molar-refractivity contribution in [1.29, 1.82) is 0 Å². The van der Waals surface area contributed by atoms with Gasteiger partial charge in [-0.1, -0.05) is 24.3 Å². The minimum absolute atomic E-state index is 0.128. The molecule has 6 heteroatoms. The molecule has 140 valence electrons. The molecular weight excluding hydrogens is 406 g/mol. The molecule has 0 bridgehead atoms. The molecule has 1 aromatic heterocycles. The van der Waals surface area contributed by atoms with Crippen molar-refractivity contribution in [3.63, 3.8) is 0 Å². The fraction of sp³-hybridized carbons (Fsp3) is 0.238. The Morgan fingerprint density at radius 2 is 2.04 bits per heavy atom. The molecule has 3 aromatic rings. The van der Waals surface area contributed by atoms with Crippen LogP contribution in [-0.4, -0.2) is 15.7 Å². The third-order valence-electron chi connectivity index (χ3n) is 4.20. The van der Waals surface area contributed by atoms with Gasteiger partial charge >= 0.3 is 0 Å². The van der Waals surface area contributed by atoms with Crippen LogP contribution < -0.4 is 10.1 Å². The number of nitrogens with zero attached hydrogens (tertiary/aromatic N) is 2. The number of halogens is 1. The number of ether oxygens (including phenoxy) is 1. The summed E-state index contributed by atoms with van der Waals surface area (Å²) in [5.41, 5.74) is 2.38. The average Bonchev–Trinajstić information content (AvgIpc) is 3.17. The number of hydrogen-bond donors (Lipinski definition) is 1. The van der Waals surface area contributed by atoms with Crippen LogP contribution in [0.2, 0.25) is 0 Å². The number of hydrogen-bond acceptors (Lipinski definition) is 3. The van der Waals surface area contributed by atoms with Gasteiger partial charge in [-0.3, -0.25) is 9.48 Å². The number of carbonyl (C=O) groups is 1. The SMILES string of the molecule is CCn1ccc(C(C)NC(=O)c2cccc(COc3ccccc3Br)c2)n1. The molecule has 1 N–H and O–H groups in total. The molecule has 0 aliphatic rings. The zero-order valence-corrected chi connectivity index (χ0v) is 16.9. The molecule has 0 aliphatic carbocycles. The molecule has 1 atom stereocenters. The maximum atomic E-state index is 12.6. The van der Waals surface area contributed by atoms with Gasteiger partial charge in [-0.2, -0.15) is 5.10 Å². The molecule has 27 heavy (non-hydrogen) atoms. The largest absolute Gasteiger partial charge is 0.488 e. The number of para-hydroxylation sites is 1. The van der Waals surface area contributed by atoms with E-state index in [1.165, 1.54) is 0 Å². The first-order chi connectivity index (χ1) is 13.1. The fourth-order valence-corrected chi connectivity index (χ4v) is 3.06. The van der Waals surface area contributed by atoms with Crippen molar-refractivity contribution in [2.45, 2.75) is 33.0 Å². The highest BCUT2D eigenvalue weighted by Gasteiger charge is 2.14. The number of aryl methyl sites for hydroxylation is 1. The second kappa shape index (κ2) is 8.86. The summed E-state index contributed by atoms with van der Waals surface area (Å²) in [5, 5.41) is 7.44. The van der Waals surface area contributed by atoms with E-state index in [4.69, 9.17) is 4.74 Å². The summed E-state index contributed by atoms with van der Waals surface area (Å²) in [4.78, 5) is 12.6. The monoisotopic (exact) mass is 427 g/mol. The van der Waals surface area contributed by atoms with Crippen LogP contribution in [0.25, 0.3) is 0 Å². The molecule has 1 unspecified atom stereocenters. The Hall–Kier alpha value is -2.60. The van der Waals surface area contributed by atoms with Gasteiger partial charge in [0.1, 0.15) is 12.4 Å². The Kier molecular flexibility index (Phi) is 6.29. The Labute approximate surface area is 167 Å². The smallest absolute Gasteiger partial charge is 0.251 e. The summed E-state index contributed by atoms with van der Waals surface area (Å²) < 4.78 is 8.58. The zero-order valence-electron chi connectivity index (χ0n) is 15.4. The first-order valence-corrected chi connectivity index (χ1v) is 9.66. The maximum Gasteiger partial charge on any atom is 0.251 e. The number of amides is 1. The third-order valence-corrected chi connectivity index (χ3v) is 4.85. The zero-order chi connectivity index (χ0) is 19.2. The molecule has 2 aromatic carbocycles. The Balaban J connectivity index is 1.63. The van der Waals surface area contributed by atoms with Crippen molar-refractivity contribution in [3.05, 3.63) is 82.1 Å². The van der Waals surface area contributed by atoms with Crippen LogP contribution in [0.5, 0.6) is 5.75 Å². The standard InChI is InChI=1S/C21H22BrN3O2/c1-3-25-12-11-19(24-25)15(2)23-21(26)17-8-6-7-16(13-17)14-27-20-10-5-4-9-18(20)22/h4-13,15H,3,14H2,1-2H3,(H,23,26). The molecule has 5 nitrogen and oxygen atoms in total. The number of rotatable bonds is 7. The lowest BCUT2D eigenvalue weighted by Crippen LogP contribution is -2.27. The molecule has 1 heterocycles. The first-order valence-electron chi connectivity index (χ1n) is 8.87. The van der Waals surface area contributed by atoms with Crippen LogP contribution in [0.1, 0.15) is 41.5 Å². The Morgan fingerprint density at radius 3 is 2.78 bits per heavy atom. The van der Waals surface area contributed by atoms with Crippen molar-refractivity contribution in [2.75, 3.05) is 0 Å². The predicted molar refractivity (Wildman–Crippen MR) is 109 cm³/mol. The summed E-state index contributed by atoms with van der Waals surface area (Å²) in [5.74, 6) is 0.642. The lowest BCUT2D eigenvalue weighted by molar-refractivity contribution is 0.0939. The number of aromatic nitrogens is 2. The van der Waals surface area contributed by atoms with E-state index < -0.39 is 0 Å². The molecule has 0 aliphatic heterocycles. The second-order valence-corrected chi connectivity index (χ2v) is 7.07. The van der Waals surface area contributed by atoms with Crippen molar-refractivity contribution >= 4 is 21.8 Å². The van der Waals surface area contributed by atoms with Gasteiger partial charge in [-0.05, 0) is 65.7 Å². The molecule has 0 radical (unpaired) electrons. The van der Waals surface area contributed by atoms with Gasteiger partial charge in [-0.15, -0.1) is 0 Å². The minimum atomic E-state index is -0.162. The summed E-state index contributed by atoms with van der Waals surface area (Å²) in [7, 11) is 0. The molecule has 0 fully saturated rings. The van der Waals surface area contributed by atoms with Crippen molar-refractivity contribution in [3.8, 4) is 5.75 Å². The third kappa shape index (κ3) is 4.98. The quantitative estimate of drug-likeness (QED) is 0.592. The number of nitrogens with one attached hydrogen (secondary N) is 1. The maximum absolute atomic E-state index is 12.6. The van der Waals surface area contributed by atoms with Crippen LogP contribution in [0.15, 0.2) is 65.3 Å². The van der Waals surface area contributed by atoms with Crippen LogP contribution in [0.4, 0.5) is 0 Å². The van der Waals surface area contributed by atoms with Crippen LogP contribution >= 0.6 is 15.9 Å². The van der Waals surface area contributed by atoms with Crippen LogP contribution in [0, 0.1) is 0 Å². The summed E-state index contributed by atoms with van der Waals surface area (Å²) in [6, 6.07) is 16.9. The lowest BCUT2D eigenvalue weighted by Gasteiger charge is -2.13. The second-order valence-electron chi connectivity index (χ2n) is 6.21. The molecule has 0 saturated carbocycles. The average molecular weight is 428 g/mol. The van der Waals surface area contributed by atoms with E-state index in [0.717, 1.165) is 28.0 Å². The van der Waals surface area contributed by atoms with Crippen molar-refractivity contribution < 1.29 is 9.53 Å². The van der Waals surface area contributed by atoms with E-state index in [9.17, 15) is 4.79 Å². The normalized spacial score (nSPS) is 11.8. The molecular formula is C21H22BrN3O2. The summed E-state index contributed by atoms with van der Waals surface area (Å²) in [6.07, 6.45) is 1.91. The van der Waals surface area contributed by atoms with Gasteiger partial charge < -0.3 is 10.1 Å². The highest BCUT2D eigenvalue weighted by atomic mass is 79.9. The van der Waals surface area contributed by atoms with Crippen molar-refractivity contribution in [1.82, 2.24) is 15.1 Å². The molecule has 0 spiro atoms. The minimum Gasteiger partial charge on any atom is -0.488 e. The highest BCUT2D eigenvalue weighted by molar-refractivity contribution is 9.10. The van der Waals surface area contributed by atoms with E-state index in [1.807, 2.05) is 73.3 Å². The van der Waals surface area contributed by atoms with E-state index in [0.29, 0.717) is 12.2 Å². The summed E-state index contributed by atoms with van der Waals surface area (Å²) in [6.45, 7) is 5.15. The summed E-state index contributed by atoms with van der Waals surface area (Å²) >= 11 is 3.47.